The van der Waals surface area contributed by atoms with Gasteiger partial charge in [-0.3, -0.25) is 9.69 Å². The molecule has 1 amide bonds. The lowest BCUT2D eigenvalue weighted by Gasteiger charge is -2.44. The lowest BCUT2D eigenvalue weighted by atomic mass is 9.82. The lowest BCUT2D eigenvalue weighted by Crippen LogP contribution is -2.60. The first kappa shape index (κ1) is 16.7. The summed E-state index contributed by atoms with van der Waals surface area (Å²) in [5.74, 6) is 1.42. The molecule has 0 aromatic heterocycles. The van der Waals surface area contributed by atoms with Gasteiger partial charge < -0.3 is 10.6 Å². The van der Waals surface area contributed by atoms with Crippen molar-refractivity contribution >= 4 is 23.1 Å². The Bertz CT molecular complexity index is 394. The Morgan fingerprint density at radius 1 is 1.10 bits per heavy atom. The average molecular weight is 311 g/mol. The molecule has 120 valence electrons. The Kier molecular flexibility index (Phi) is 5.25. The fourth-order valence-corrected chi connectivity index (χ4v) is 3.54. The third kappa shape index (κ3) is 3.75. The van der Waals surface area contributed by atoms with Crippen LogP contribution in [0.2, 0.25) is 0 Å². The molecule has 21 heavy (non-hydrogen) atoms. The molecule has 0 aromatic carbocycles. The fourth-order valence-electron chi connectivity index (χ4n) is 3.41. The average Bonchev–Trinajstić information content (AvgIpc) is 2.47. The van der Waals surface area contributed by atoms with Gasteiger partial charge in [0.15, 0.2) is 0 Å². The smallest absolute Gasteiger partial charge is 0.225 e. The molecule has 1 heterocycles. The molecule has 1 aliphatic heterocycles. The summed E-state index contributed by atoms with van der Waals surface area (Å²) in [7, 11) is 0. The van der Waals surface area contributed by atoms with Crippen molar-refractivity contribution in [1.82, 2.24) is 9.80 Å². The number of carbonyl (C=O) groups is 1. The van der Waals surface area contributed by atoms with Crippen molar-refractivity contribution < 1.29 is 4.79 Å². The SMILES string of the molecule is CC1CCC(C(=O)N2CCN(C(C)(C)C(N)=S)CC2)CC1. The van der Waals surface area contributed by atoms with Crippen LogP contribution in [0.1, 0.15) is 46.5 Å². The van der Waals surface area contributed by atoms with E-state index in [1.54, 1.807) is 0 Å². The minimum absolute atomic E-state index is 0.259. The summed E-state index contributed by atoms with van der Waals surface area (Å²) in [5.41, 5.74) is 5.58. The molecule has 4 nitrogen and oxygen atoms in total. The molecule has 2 aliphatic rings. The van der Waals surface area contributed by atoms with Crippen LogP contribution in [0, 0.1) is 11.8 Å². The summed E-state index contributed by atoms with van der Waals surface area (Å²) in [6.07, 6.45) is 4.53. The van der Waals surface area contributed by atoms with Gasteiger partial charge in [0.1, 0.15) is 0 Å². The van der Waals surface area contributed by atoms with E-state index in [0.29, 0.717) is 10.9 Å². The summed E-state index contributed by atoms with van der Waals surface area (Å²) < 4.78 is 0. The normalized spacial score (nSPS) is 28.4. The van der Waals surface area contributed by atoms with Crippen LogP contribution in [0.5, 0.6) is 0 Å². The van der Waals surface area contributed by atoms with Crippen LogP contribution in [0.25, 0.3) is 0 Å². The Morgan fingerprint density at radius 2 is 1.62 bits per heavy atom. The van der Waals surface area contributed by atoms with E-state index in [4.69, 9.17) is 18.0 Å². The van der Waals surface area contributed by atoms with E-state index in [9.17, 15) is 4.79 Å². The molecule has 0 radical (unpaired) electrons. The highest BCUT2D eigenvalue weighted by Crippen LogP contribution is 2.30. The third-order valence-electron chi connectivity index (χ3n) is 5.35. The predicted molar refractivity (Wildman–Crippen MR) is 90.1 cm³/mol. The molecule has 2 rings (SSSR count). The summed E-state index contributed by atoms with van der Waals surface area (Å²) in [6, 6.07) is 0. The van der Waals surface area contributed by atoms with Gasteiger partial charge in [0.2, 0.25) is 5.91 Å². The van der Waals surface area contributed by atoms with Crippen LogP contribution in [-0.2, 0) is 4.79 Å². The Hall–Kier alpha value is -0.680. The Morgan fingerprint density at radius 3 is 2.10 bits per heavy atom. The maximum atomic E-state index is 12.6. The number of nitrogens with two attached hydrogens (primary N) is 1. The molecule has 1 aliphatic carbocycles. The van der Waals surface area contributed by atoms with Gasteiger partial charge in [0, 0.05) is 32.1 Å². The van der Waals surface area contributed by atoms with E-state index in [1.165, 1.54) is 12.8 Å². The maximum absolute atomic E-state index is 12.6. The van der Waals surface area contributed by atoms with Crippen LogP contribution in [-0.4, -0.2) is 52.4 Å². The van der Waals surface area contributed by atoms with E-state index in [1.807, 2.05) is 4.90 Å². The fraction of sp³-hybridized carbons (Fsp3) is 0.875. The zero-order valence-corrected chi connectivity index (χ0v) is 14.4. The molecule has 0 spiro atoms. The van der Waals surface area contributed by atoms with Crippen molar-refractivity contribution in [3.8, 4) is 0 Å². The van der Waals surface area contributed by atoms with Crippen LogP contribution < -0.4 is 5.73 Å². The minimum atomic E-state index is -0.259. The lowest BCUT2D eigenvalue weighted by molar-refractivity contribution is -0.139. The molecule has 0 atom stereocenters. The largest absolute Gasteiger partial charge is 0.392 e. The van der Waals surface area contributed by atoms with Crippen molar-refractivity contribution in [1.29, 1.82) is 0 Å². The number of amides is 1. The molecule has 2 N–H and O–H groups in total. The second-order valence-corrected chi connectivity index (χ2v) is 7.63. The van der Waals surface area contributed by atoms with Gasteiger partial charge in [-0.05, 0) is 45.4 Å². The highest BCUT2D eigenvalue weighted by atomic mass is 32.1. The molecular weight excluding hydrogens is 282 g/mol. The van der Waals surface area contributed by atoms with Crippen LogP contribution in [0.3, 0.4) is 0 Å². The van der Waals surface area contributed by atoms with Crippen molar-refractivity contribution in [2.75, 3.05) is 26.2 Å². The summed E-state index contributed by atoms with van der Waals surface area (Å²) in [4.78, 5) is 17.5. The molecule has 1 saturated carbocycles. The zero-order valence-electron chi connectivity index (χ0n) is 13.6. The maximum Gasteiger partial charge on any atom is 0.225 e. The van der Waals surface area contributed by atoms with E-state index < -0.39 is 0 Å². The number of hydrogen-bond donors (Lipinski definition) is 1. The van der Waals surface area contributed by atoms with E-state index >= 15 is 0 Å². The van der Waals surface area contributed by atoms with Crippen molar-refractivity contribution in [2.45, 2.75) is 52.0 Å². The van der Waals surface area contributed by atoms with E-state index in [2.05, 4.69) is 25.7 Å². The van der Waals surface area contributed by atoms with Gasteiger partial charge in [0.05, 0.1) is 10.5 Å². The monoisotopic (exact) mass is 311 g/mol. The molecule has 1 saturated heterocycles. The summed E-state index contributed by atoms with van der Waals surface area (Å²) in [6.45, 7) is 9.74. The standard InChI is InChI=1S/C16H29N3OS/c1-12-4-6-13(7-5-12)14(20)18-8-10-19(11-9-18)16(2,3)15(17)21/h12-13H,4-11H2,1-3H3,(H2,17,21). The second-order valence-electron chi connectivity index (χ2n) is 7.19. The molecule has 5 heteroatoms. The van der Waals surface area contributed by atoms with E-state index in [-0.39, 0.29) is 11.5 Å². The minimum Gasteiger partial charge on any atom is -0.392 e. The first-order valence-corrected chi connectivity index (χ1v) is 8.57. The summed E-state index contributed by atoms with van der Waals surface area (Å²) in [5, 5.41) is 0. The number of piperazine rings is 1. The van der Waals surface area contributed by atoms with Gasteiger partial charge >= 0.3 is 0 Å². The predicted octanol–water partition coefficient (Wildman–Crippen LogP) is 2.02. The second kappa shape index (κ2) is 6.61. The molecular formula is C16H29N3OS. The van der Waals surface area contributed by atoms with Crippen molar-refractivity contribution in [3.63, 3.8) is 0 Å². The van der Waals surface area contributed by atoms with Gasteiger partial charge in [-0.25, -0.2) is 0 Å². The van der Waals surface area contributed by atoms with Crippen LogP contribution in [0.4, 0.5) is 0 Å². The number of carbonyl (C=O) groups excluding carboxylic acids is 1. The van der Waals surface area contributed by atoms with E-state index in [0.717, 1.165) is 44.9 Å². The number of nitrogens with zero attached hydrogens (tertiary/aromatic N) is 2. The highest BCUT2D eigenvalue weighted by Gasteiger charge is 2.35. The highest BCUT2D eigenvalue weighted by molar-refractivity contribution is 7.80. The van der Waals surface area contributed by atoms with Crippen LogP contribution >= 0.6 is 12.2 Å². The van der Waals surface area contributed by atoms with Gasteiger partial charge in [-0.15, -0.1) is 0 Å². The molecule has 2 fully saturated rings. The first-order valence-electron chi connectivity index (χ1n) is 8.16. The third-order valence-corrected chi connectivity index (χ3v) is 5.85. The number of hydrogen-bond acceptors (Lipinski definition) is 3. The topological polar surface area (TPSA) is 49.6 Å². The molecule has 0 aromatic rings. The summed E-state index contributed by atoms with van der Waals surface area (Å²) >= 11 is 5.16. The number of rotatable bonds is 3. The van der Waals surface area contributed by atoms with Gasteiger partial charge in [-0.2, -0.15) is 0 Å². The molecule has 0 bridgehead atoms. The van der Waals surface area contributed by atoms with Gasteiger partial charge in [0.25, 0.3) is 0 Å². The Balaban J connectivity index is 1.86. The van der Waals surface area contributed by atoms with Crippen molar-refractivity contribution in [2.24, 2.45) is 17.6 Å². The van der Waals surface area contributed by atoms with Gasteiger partial charge in [-0.1, -0.05) is 19.1 Å². The van der Waals surface area contributed by atoms with Crippen LogP contribution in [0.15, 0.2) is 0 Å². The quantitative estimate of drug-likeness (QED) is 0.810. The zero-order chi connectivity index (χ0) is 15.6. The first-order chi connectivity index (χ1) is 9.82. The van der Waals surface area contributed by atoms with Crippen molar-refractivity contribution in [3.05, 3.63) is 0 Å². The Labute approximate surface area is 134 Å². The number of thiocarbonyl (C=S) groups is 1. The molecule has 0 unspecified atom stereocenters.